The number of nitrogens with one attached hydrogen (secondary N) is 2. The summed E-state index contributed by atoms with van der Waals surface area (Å²) in [5.74, 6) is 2.50. The lowest BCUT2D eigenvalue weighted by Crippen LogP contribution is -2.40. The molecule has 1 saturated heterocycles. The van der Waals surface area contributed by atoms with Crippen LogP contribution in [0.2, 0.25) is 0 Å². The summed E-state index contributed by atoms with van der Waals surface area (Å²) in [5.41, 5.74) is 0. The predicted molar refractivity (Wildman–Crippen MR) is 83.7 cm³/mol. The molecule has 1 heterocycles. The first kappa shape index (κ1) is 16.3. The Labute approximate surface area is 119 Å². The van der Waals surface area contributed by atoms with Crippen LogP contribution in [-0.4, -0.2) is 50.6 Å². The van der Waals surface area contributed by atoms with Gasteiger partial charge in [-0.15, -0.1) is 0 Å². The van der Waals surface area contributed by atoms with Crippen LogP contribution in [-0.2, 0) is 0 Å². The van der Waals surface area contributed by atoms with E-state index in [1.165, 1.54) is 38.9 Å². The Kier molecular flexibility index (Phi) is 7.87. The van der Waals surface area contributed by atoms with Crippen LogP contribution >= 0.6 is 0 Å². The van der Waals surface area contributed by atoms with E-state index in [9.17, 15) is 0 Å². The van der Waals surface area contributed by atoms with Gasteiger partial charge in [0.05, 0.1) is 0 Å². The van der Waals surface area contributed by atoms with Crippen molar-refractivity contribution in [1.82, 2.24) is 15.5 Å². The molecule has 0 aromatic heterocycles. The van der Waals surface area contributed by atoms with Crippen LogP contribution in [0.5, 0.6) is 0 Å². The van der Waals surface area contributed by atoms with E-state index in [0.717, 1.165) is 25.0 Å². The fourth-order valence-corrected chi connectivity index (χ4v) is 2.32. The number of piperidine rings is 1. The van der Waals surface area contributed by atoms with Crippen molar-refractivity contribution < 1.29 is 0 Å². The SMILES string of the molecule is CN=C(NCCCN1CCC(C)CC1)NCC(C)C. The molecule has 1 aliphatic rings. The molecule has 1 aliphatic heterocycles. The number of rotatable bonds is 6. The molecular weight excluding hydrogens is 236 g/mol. The highest BCUT2D eigenvalue weighted by Gasteiger charge is 2.14. The zero-order valence-electron chi connectivity index (χ0n) is 13.2. The van der Waals surface area contributed by atoms with Crippen LogP contribution in [0.1, 0.15) is 40.0 Å². The second-order valence-corrected chi connectivity index (χ2v) is 6.15. The van der Waals surface area contributed by atoms with Gasteiger partial charge < -0.3 is 15.5 Å². The molecule has 0 aromatic carbocycles. The molecule has 4 nitrogen and oxygen atoms in total. The summed E-state index contributed by atoms with van der Waals surface area (Å²) in [4.78, 5) is 6.82. The average Bonchev–Trinajstić information content (AvgIpc) is 2.40. The molecule has 0 bridgehead atoms. The Bertz CT molecular complexity index is 255. The van der Waals surface area contributed by atoms with Crippen LogP contribution < -0.4 is 10.6 Å². The summed E-state index contributed by atoms with van der Waals surface area (Å²) in [5, 5.41) is 6.72. The van der Waals surface area contributed by atoms with Gasteiger partial charge in [0.15, 0.2) is 5.96 Å². The van der Waals surface area contributed by atoms with Gasteiger partial charge in [-0.05, 0) is 50.7 Å². The van der Waals surface area contributed by atoms with Gasteiger partial charge in [-0.2, -0.15) is 0 Å². The van der Waals surface area contributed by atoms with Crippen LogP contribution in [0.4, 0.5) is 0 Å². The monoisotopic (exact) mass is 268 g/mol. The Morgan fingerprint density at radius 1 is 1.26 bits per heavy atom. The molecular formula is C15H32N4. The lowest BCUT2D eigenvalue weighted by molar-refractivity contribution is 0.191. The molecule has 0 spiro atoms. The molecule has 0 aliphatic carbocycles. The van der Waals surface area contributed by atoms with Crippen molar-refractivity contribution >= 4 is 5.96 Å². The average molecular weight is 268 g/mol. The molecule has 0 saturated carbocycles. The van der Waals surface area contributed by atoms with Gasteiger partial charge in [0.2, 0.25) is 0 Å². The zero-order valence-corrected chi connectivity index (χ0v) is 13.2. The van der Waals surface area contributed by atoms with Crippen LogP contribution in [0.3, 0.4) is 0 Å². The molecule has 0 atom stereocenters. The van der Waals surface area contributed by atoms with Gasteiger partial charge in [0.1, 0.15) is 0 Å². The molecule has 1 fully saturated rings. The molecule has 0 radical (unpaired) electrons. The first-order chi connectivity index (χ1) is 9.11. The quantitative estimate of drug-likeness (QED) is 0.439. The number of nitrogens with zero attached hydrogens (tertiary/aromatic N) is 2. The Balaban J connectivity index is 2.05. The molecule has 2 N–H and O–H groups in total. The summed E-state index contributed by atoms with van der Waals surface area (Å²) in [6.07, 6.45) is 3.92. The van der Waals surface area contributed by atoms with E-state index in [1.54, 1.807) is 0 Å². The largest absolute Gasteiger partial charge is 0.356 e. The lowest BCUT2D eigenvalue weighted by atomic mass is 9.99. The van der Waals surface area contributed by atoms with Gasteiger partial charge in [-0.3, -0.25) is 4.99 Å². The lowest BCUT2D eigenvalue weighted by Gasteiger charge is -2.30. The number of likely N-dealkylation sites (tertiary alicyclic amines) is 1. The predicted octanol–water partition coefficient (Wildman–Crippen LogP) is 1.93. The van der Waals surface area contributed by atoms with E-state index < -0.39 is 0 Å². The van der Waals surface area contributed by atoms with Gasteiger partial charge in [0, 0.05) is 20.1 Å². The van der Waals surface area contributed by atoms with Crippen molar-refractivity contribution in [2.75, 3.05) is 39.8 Å². The van der Waals surface area contributed by atoms with Crippen molar-refractivity contribution in [2.45, 2.75) is 40.0 Å². The summed E-state index contributed by atoms with van der Waals surface area (Å²) in [6.45, 7) is 12.5. The van der Waals surface area contributed by atoms with Crippen molar-refractivity contribution in [3.63, 3.8) is 0 Å². The smallest absolute Gasteiger partial charge is 0.190 e. The fraction of sp³-hybridized carbons (Fsp3) is 0.933. The van der Waals surface area contributed by atoms with Gasteiger partial charge in [-0.25, -0.2) is 0 Å². The number of aliphatic imine (C=N–C) groups is 1. The molecule has 4 heteroatoms. The summed E-state index contributed by atoms with van der Waals surface area (Å²) >= 11 is 0. The highest BCUT2D eigenvalue weighted by Crippen LogP contribution is 2.15. The summed E-state index contributed by atoms with van der Waals surface area (Å²) in [7, 11) is 1.84. The van der Waals surface area contributed by atoms with Gasteiger partial charge in [-0.1, -0.05) is 20.8 Å². The molecule has 0 aromatic rings. The fourth-order valence-electron chi connectivity index (χ4n) is 2.32. The second-order valence-electron chi connectivity index (χ2n) is 6.15. The maximum atomic E-state index is 4.24. The Hall–Kier alpha value is -0.770. The minimum Gasteiger partial charge on any atom is -0.356 e. The Morgan fingerprint density at radius 3 is 2.53 bits per heavy atom. The maximum Gasteiger partial charge on any atom is 0.190 e. The van der Waals surface area contributed by atoms with Crippen LogP contribution in [0, 0.1) is 11.8 Å². The third-order valence-corrected chi connectivity index (χ3v) is 3.72. The van der Waals surface area contributed by atoms with Crippen molar-refractivity contribution in [1.29, 1.82) is 0 Å². The highest BCUT2D eigenvalue weighted by atomic mass is 15.2. The highest BCUT2D eigenvalue weighted by molar-refractivity contribution is 5.79. The number of hydrogen-bond acceptors (Lipinski definition) is 2. The first-order valence-electron chi connectivity index (χ1n) is 7.78. The first-order valence-corrected chi connectivity index (χ1v) is 7.78. The number of guanidine groups is 1. The normalized spacial score (nSPS) is 18.9. The molecule has 1 rings (SSSR count). The molecule has 0 amide bonds. The van der Waals surface area contributed by atoms with Crippen molar-refractivity contribution in [3.8, 4) is 0 Å². The van der Waals surface area contributed by atoms with E-state index in [4.69, 9.17) is 0 Å². The number of hydrogen-bond donors (Lipinski definition) is 2. The van der Waals surface area contributed by atoms with Crippen LogP contribution in [0.25, 0.3) is 0 Å². The molecule has 19 heavy (non-hydrogen) atoms. The van der Waals surface area contributed by atoms with E-state index in [0.29, 0.717) is 5.92 Å². The Morgan fingerprint density at radius 2 is 1.95 bits per heavy atom. The second kappa shape index (κ2) is 9.18. The van der Waals surface area contributed by atoms with E-state index in [1.807, 2.05) is 7.05 Å². The molecule has 112 valence electrons. The third kappa shape index (κ3) is 7.41. The van der Waals surface area contributed by atoms with E-state index in [2.05, 4.69) is 41.3 Å². The zero-order chi connectivity index (χ0) is 14.1. The van der Waals surface area contributed by atoms with Crippen molar-refractivity contribution in [2.24, 2.45) is 16.8 Å². The maximum absolute atomic E-state index is 4.24. The van der Waals surface area contributed by atoms with Gasteiger partial charge >= 0.3 is 0 Å². The summed E-state index contributed by atoms with van der Waals surface area (Å²) in [6, 6.07) is 0. The topological polar surface area (TPSA) is 39.7 Å². The van der Waals surface area contributed by atoms with E-state index in [-0.39, 0.29) is 0 Å². The van der Waals surface area contributed by atoms with Crippen LogP contribution in [0.15, 0.2) is 4.99 Å². The minimum atomic E-state index is 0.647. The summed E-state index contributed by atoms with van der Waals surface area (Å²) < 4.78 is 0. The van der Waals surface area contributed by atoms with Gasteiger partial charge in [0.25, 0.3) is 0 Å². The van der Waals surface area contributed by atoms with E-state index >= 15 is 0 Å². The third-order valence-electron chi connectivity index (χ3n) is 3.72. The standard InChI is InChI=1S/C15H32N4/c1-13(2)12-18-15(16-4)17-8-5-9-19-10-6-14(3)7-11-19/h13-14H,5-12H2,1-4H3,(H2,16,17,18). The minimum absolute atomic E-state index is 0.647. The molecule has 0 unspecified atom stereocenters. The van der Waals surface area contributed by atoms with Crippen molar-refractivity contribution in [3.05, 3.63) is 0 Å².